The summed E-state index contributed by atoms with van der Waals surface area (Å²) in [6.45, 7) is 3.11. The number of benzene rings is 3. The van der Waals surface area contributed by atoms with Gasteiger partial charge in [0.2, 0.25) is 20.0 Å². The van der Waals surface area contributed by atoms with E-state index in [1.807, 2.05) is 31.2 Å². The molecule has 39 heavy (non-hydrogen) atoms. The molecule has 0 bridgehead atoms. The number of nitrogens with zero attached hydrogens (tertiary/aromatic N) is 2. The monoisotopic (exact) mass is 574 g/mol. The molecule has 3 aromatic carbocycles. The number of hydrogen-bond acceptors (Lipinski definition) is 7. The van der Waals surface area contributed by atoms with Crippen LogP contribution in [0.1, 0.15) is 13.8 Å². The van der Waals surface area contributed by atoms with E-state index in [0.717, 1.165) is 5.56 Å². The number of hydrogen-bond donors (Lipinski definition) is 1. The Hall–Kier alpha value is -2.96. The van der Waals surface area contributed by atoms with E-state index < -0.39 is 38.1 Å². The number of para-hydroxylation sites is 1. The molecule has 1 heterocycles. The van der Waals surface area contributed by atoms with Gasteiger partial charge in [-0.3, -0.25) is 0 Å². The van der Waals surface area contributed by atoms with E-state index in [-0.39, 0.29) is 35.2 Å². The predicted octanol–water partition coefficient (Wildman–Crippen LogP) is 3.45. The van der Waals surface area contributed by atoms with Crippen LogP contribution in [0.2, 0.25) is 0 Å². The molecular weight excluding hydrogens is 540 g/mol. The summed E-state index contributed by atoms with van der Waals surface area (Å²) < 4.78 is 68.4. The lowest BCUT2D eigenvalue weighted by Gasteiger charge is -2.37. The second-order valence-electron chi connectivity index (χ2n) is 9.70. The van der Waals surface area contributed by atoms with Crippen molar-refractivity contribution in [3.05, 3.63) is 72.8 Å². The van der Waals surface area contributed by atoms with Gasteiger partial charge in [-0.25, -0.2) is 16.8 Å². The number of rotatable bonds is 8. The number of aliphatic hydroxyl groups is 1. The van der Waals surface area contributed by atoms with Crippen molar-refractivity contribution in [2.45, 2.75) is 35.8 Å². The Morgan fingerprint density at radius 3 is 2.44 bits per heavy atom. The SMILES string of the molecule is COc1ccccc1-c1ccc2c(c1)O[C@H](CN(C)S(=O)(=O)c1ccccc1)[C@@H](C)CN([C@H](C)CO)S2(=O)=O. The van der Waals surface area contributed by atoms with Crippen molar-refractivity contribution >= 4 is 20.0 Å². The molecule has 0 unspecified atom stereocenters. The van der Waals surface area contributed by atoms with Crippen molar-refractivity contribution in [2.24, 2.45) is 5.92 Å². The molecule has 9 nitrogen and oxygen atoms in total. The van der Waals surface area contributed by atoms with Crippen LogP contribution in [0.25, 0.3) is 11.1 Å². The van der Waals surface area contributed by atoms with Crippen LogP contribution in [0.4, 0.5) is 0 Å². The highest BCUT2D eigenvalue weighted by molar-refractivity contribution is 7.89. The molecule has 0 amide bonds. The first-order valence-corrected chi connectivity index (χ1v) is 15.5. The summed E-state index contributed by atoms with van der Waals surface area (Å²) in [5.74, 6) is 0.307. The Labute approximate surface area is 230 Å². The first-order valence-electron chi connectivity index (χ1n) is 12.6. The third-order valence-electron chi connectivity index (χ3n) is 6.97. The lowest BCUT2D eigenvalue weighted by molar-refractivity contribution is 0.0905. The Kier molecular flexibility index (Phi) is 8.67. The smallest absolute Gasteiger partial charge is 0.247 e. The number of aliphatic hydroxyl groups excluding tert-OH is 1. The van der Waals surface area contributed by atoms with Gasteiger partial charge in [0.1, 0.15) is 22.5 Å². The fourth-order valence-corrected chi connectivity index (χ4v) is 7.65. The van der Waals surface area contributed by atoms with Gasteiger partial charge < -0.3 is 14.6 Å². The van der Waals surface area contributed by atoms with Crippen LogP contribution >= 0.6 is 0 Å². The van der Waals surface area contributed by atoms with Crippen molar-refractivity contribution in [2.75, 3.05) is 33.9 Å². The van der Waals surface area contributed by atoms with E-state index in [2.05, 4.69) is 0 Å². The molecule has 4 rings (SSSR count). The van der Waals surface area contributed by atoms with E-state index >= 15 is 0 Å². The molecule has 0 aliphatic carbocycles. The fraction of sp³-hybridized carbons (Fsp3) is 0.357. The standard InChI is InChI=1S/C28H34N2O7S2/c1-20-17-30(21(2)19-31)39(34,35)28-15-14-22(24-12-8-9-13-25(24)36-4)16-26(28)37-27(20)18-29(3)38(32,33)23-10-6-5-7-11-23/h5-16,20-21,27,31H,17-19H2,1-4H3/t20-,21+,27+/m0/s1. The Balaban J connectivity index is 1.80. The van der Waals surface area contributed by atoms with Crippen LogP contribution in [0.15, 0.2) is 82.6 Å². The molecule has 11 heteroatoms. The van der Waals surface area contributed by atoms with Crippen LogP contribution in [-0.2, 0) is 20.0 Å². The van der Waals surface area contributed by atoms with Crippen LogP contribution in [0, 0.1) is 5.92 Å². The van der Waals surface area contributed by atoms with Crippen molar-refractivity contribution in [3.63, 3.8) is 0 Å². The van der Waals surface area contributed by atoms with Gasteiger partial charge in [-0.2, -0.15) is 8.61 Å². The molecular formula is C28H34N2O7S2. The third kappa shape index (κ3) is 5.82. The van der Waals surface area contributed by atoms with E-state index in [9.17, 15) is 21.9 Å². The van der Waals surface area contributed by atoms with E-state index in [4.69, 9.17) is 9.47 Å². The molecule has 210 valence electrons. The number of fused-ring (bicyclic) bond motifs is 1. The average Bonchev–Trinajstić information content (AvgIpc) is 2.94. The van der Waals surface area contributed by atoms with E-state index in [1.165, 1.54) is 33.9 Å². The Morgan fingerprint density at radius 1 is 1.10 bits per heavy atom. The van der Waals surface area contributed by atoms with Gasteiger partial charge in [-0.1, -0.05) is 49.4 Å². The van der Waals surface area contributed by atoms with Crippen molar-refractivity contribution in [1.29, 1.82) is 0 Å². The Morgan fingerprint density at radius 2 is 1.77 bits per heavy atom. The highest BCUT2D eigenvalue weighted by Gasteiger charge is 2.39. The minimum atomic E-state index is -4.04. The second-order valence-corrected chi connectivity index (χ2v) is 13.6. The quantitative estimate of drug-likeness (QED) is 0.438. The molecule has 1 aliphatic heterocycles. The Bertz CT molecular complexity index is 1510. The van der Waals surface area contributed by atoms with E-state index in [0.29, 0.717) is 11.3 Å². The molecule has 0 spiro atoms. The lowest BCUT2D eigenvalue weighted by Crippen LogP contribution is -2.50. The van der Waals surface area contributed by atoms with Crippen molar-refractivity contribution in [1.82, 2.24) is 8.61 Å². The summed E-state index contributed by atoms with van der Waals surface area (Å²) in [6.07, 6.45) is -0.691. The van der Waals surface area contributed by atoms with Gasteiger partial charge >= 0.3 is 0 Å². The summed E-state index contributed by atoms with van der Waals surface area (Å²) in [7, 11) is -4.81. The van der Waals surface area contributed by atoms with Gasteiger partial charge in [0, 0.05) is 31.1 Å². The number of likely N-dealkylation sites (N-methyl/N-ethyl adjacent to an activating group) is 1. The van der Waals surface area contributed by atoms with Crippen molar-refractivity contribution in [3.8, 4) is 22.6 Å². The molecule has 1 N–H and O–H groups in total. The lowest BCUT2D eigenvalue weighted by atomic mass is 10.0. The number of ether oxygens (including phenoxy) is 2. The van der Waals surface area contributed by atoms with Crippen molar-refractivity contribution < 1.29 is 31.4 Å². The summed E-state index contributed by atoms with van der Waals surface area (Å²) in [4.78, 5) is 0.106. The first-order chi connectivity index (χ1) is 18.5. The maximum atomic E-state index is 13.8. The second kappa shape index (κ2) is 11.6. The molecule has 3 aromatic rings. The molecule has 3 atom stereocenters. The maximum Gasteiger partial charge on any atom is 0.247 e. The topological polar surface area (TPSA) is 113 Å². The van der Waals surface area contributed by atoms with Gasteiger partial charge in [-0.15, -0.1) is 0 Å². The largest absolute Gasteiger partial charge is 0.496 e. The fourth-order valence-electron chi connectivity index (χ4n) is 4.62. The molecule has 1 aliphatic rings. The normalized spacial score (nSPS) is 20.4. The van der Waals surface area contributed by atoms with Gasteiger partial charge in [0.15, 0.2) is 0 Å². The minimum absolute atomic E-state index is 0.0158. The molecule has 0 saturated carbocycles. The zero-order valence-corrected chi connectivity index (χ0v) is 24.0. The highest BCUT2D eigenvalue weighted by Crippen LogP contribution is 2.38. The van der Waals surface area contributed by atoms with Gasteiger partial charge in [0.25, 0.3) is 0 Å². The summed E-state index contributed by atoms with van der Waals surface area (Å²) in [5.41, 5.74) is 1.43. The predicted molar refractivity (Wildman–Crippen MR) is 149 cm³/mol. The van der Waals surface area contributed by atoms with Crippen LogP contribution in [-0.4, -0.2) is 76.6 Å². The van der Waals surface area contributed by atoms with Gasteiger partial charge in [-0.05, 0) is 42.8 Å². The zero-order valence-electron chi connectivity index (χ0n) is 22.4. The summed E-state index contributed by atoms with van der Waals surface area (Å²) >= 11 is 0. The van der Waals surface area contributed by atoms with E-state index in [1.54, 1.807) is 44.4 Å². The molecule has 0 aromatic heterocycles. The molecule has 0 fully saturated rings. The van der Waals surface area contributed by atoms with Crippen LogP contribution < -0.4 is 9.47 Å². The van der Waals surface area contributed by atoms with Gasteiger partial charge in [0.05, 0.1) is 25.2 Å². The third-order valence-corrected chi connectivity index (χ3v) is 10.8. The average molecular weight is 575 g/mol. The highest BCUT2D eigenvalue weighted by atomic mass is 32.2. The molecule has 0 saturated heterocycles. The minimum Gasteiger partial charge on any atom is -0.496 e. The number of methoxy groups -OCH3 is 1. The number of sulfonamides is 2. The summed E-state index contributed by atoms with van der Waals surface area (Å²) in [5, 5.41) is 9.87. The molecule has 0 radical (unpaired) electrons. The first kappa shape index (κ1) is 29.0. The van der Waals surface area contributed by atoms with Crippen LogP contribution in [0.5, 0.6) is 11.5 Å². The summed E-state index contributed by atoms with van der Waals surface area (Å²) in [6, 6.07) is 19.6. The van der Waals surface area contributed by atoms with Crippen LogP contribution in [0.3, 0.4) is 0 Å². The zero-order chi connectivity index (χ0) is 28.4. The maximum absolute atomic E-state index is 13.8.